The molecule has 0 radical (unpaired) electrons. The van der Waals surface area contributed by atoms with E-state index in [2.05, 4.69) is 0 Å². The van der Waals surface area contributed by atoms with Crippen molar-refractivity contribution < 1.29 is 19.1 Å². The summed E-state index contributed by atoms with van der Waals surface area (Å²) in [6, 6.07) is 12.7. The van der Waals surface area contributed by atoms with E-state index in [9.17, 15) is 9.59 Å². The SMILES string of the molecule is COC1CCCC2(C1)OC(=O)C(c1cc(-c3ccc(Cl)cc3)ccc1Cl)C2=O. The van der Waals surface area contributed by atoms with E-state index in [4.69, 9.17) is 32.7 Å². The average Bonchev–Trinajstić information content (AvgIpc) is 2.92. The molecular weight excluding hydrogens is 399 g/mol. The van der Waals surface area contributed by atoms with Gasteiger partial charge in [0, 0.05) is 23.6 Å². The Bertz CT molecular complexity index is 925. The summed E-state index contributed by atoms with van der Waals surface area (Å²) in [6.07, 6.45) is 2.49. The Labute approximate surface area is 173 Å². The van der Waals surface area contributed by atoms with E-state index in [0.717, 1.165) is 24.0 Å². The van der Waals surface area contributed by atoms with Gasteiger partial charge in [-0.3, -0.25) is 9.59 Å². The highest BCUT2D eigenvalue weighted by atomic mass is 35.5. The number of carbonyl (C=O) groups is 2. The molecule has 0 amide bonds. The largest absolute Gasteiger partial charge is 0.450 e. The van der Waals surface area contributed by atoms with E-state index in [1.54, 1.807) is 31.4 Å². The highest BCUT2D eigenvalue weighted by Crippen LogP contribution is 2.45. The molecule has 2 aromatic rings. The highest BCUT2D eigenvalue weighted by molar-refractivity contribution is 6.32. The van der Waals surface area contributed by atoms with E-state index in [0.29, 0.717) is 28.5 Å². The van der Waals surface area contributed by atoms with Crippen LogP contribution in [0.15, 0.2) is 42.5 Å². The van der Waals surface area contributed by atoms with Crippen LogP contribution in [0.1, 0.15) is 37.2 Å². The minimum atomic E-state index is -1.10. The molecule has 1 spiro atoms. The van der Waals surface area contributed by atoms with E-state index >= 15 is 0 Å². The summed E-state index contributed by atoms with van der Waals surface area (Å²) in [6.45, 7) is 0. The van der Waals surface area contributed by atoms with Crippen molar-refractivity contribution in [2.45, 2.75) is 43.3 Å². The van der Waals surface area contributed by atoms with Crippen LogP contribution in [0.3, 0.4) is 0 Å². The van der Waals surface area contributed by atoms with Gasteiger partial charge < -0.3 is 9.47 Å². The first-order chi connectivity index (χ1) is 13.4. The quantitative estimate of drug-likeness (QED) is 0.507. The molecule has 1 aliphatic heterocycles. The number of ether oxygens (including phenoxy) is 2. The number of halogens is 2. The summed E-state index contributed by atoms with van der Waals surface area (Å²) in [5, 5.41) is 1.02. The van der Waals surface area contributed by atoms with E-state index in [1.165, 1.54) is 0 Å². The van der Waals surface area contributed by atoms with Gasteiger partial charge in [0.25, 0.3) is 0 Å². The first-order valence-electron chi connectivity index (χ1n) is 9.29. The van der Waals surface area contributed by atoms with E-state index in [1.807, 2.05) is 18.2 Å². The van der Waals surface area contributed by atoms with Crippen molar-refractivity contribution in [3.8, 4) is 11.1 Å². The number of esters is 1. The van der Waals surface area contributed by atoms with Gasteiger partial charge in [-0.2, -0.15) is 0 Å². The van der Waals surface area contributed by atoms with Crippen LogP contribution in [0.4, 0.5) is 0 Å². The Kier molecular flexibility index (Phi) is 5.21. The molecule has 3 unspecified atom stereocenters. The van der Waals surface area contributed by atoms with Crippen molar-refractivity contribution in [3.05, 3.63) is 58.1 Å². The molecule has 2 aliphatic rings. The second kappa shape index (κ2) is 7.51. The van der Waals surface area contributed by atoms with Gasteiger partial charge in [-0.25, -0.2) is 0 Å². The van der Waals surface area contributed by atoms with Crippen molar-refractivity contribution in [1.82, 2.24) is 0 Å². The number of methoxy groups -OCH3 is 1. The lowest BCUT2D eigenvalue weighted by atomic mass is 9.76. The molecule has 4 nitrogen and oxygen atoms in total. The third-order valence-corrected chi connectivity index (χ3v) is 6.32. The van der Waals surface area contributed by atoms with Crippen LogP contribution in [0.5, 0.6) is 0 Å². The molecule has 4 rings (SSSR count). The predicted octanol–water partition coefficient (Wildman–Crippen LogP) is 5.20. The molecule has 1 saturated carbocycles. The molecule has 2 aromatic carbocycles. The second-order valence-electron chi connectivity index (χ2n) is 7.41. The van der Waals surface area contributed by atoms with Crippen molar-refractivity contribution in [1.29, 1.82) is 0 Å². The van der Waals surface area contributed by atoms with E-state index < -0.39 is 17.5 Å². The Balaban J connectivity index is 1.70. The zero-order chi connectivity index (χ0) is 19.9. The van der Waals surface area contributed by atoms with Gasteiger partial charge in [-0.05, 0) is 60.2 Å². The summed E-state index contributed by atoms with van der Waals surface area (Å²) in [5.74, 6) is -1.75. The molecule has 0 bridgehead atoms. The summed E-state index contributed by atoms with van der Waals surface area (Å²) < 4.78 is 11.1. The second-order valence-corrected chi connectivity index (χ2v) is 8.25. The Hall–Kier alpha value is -1.88. The van der Waals surface area contributed by atoms with Crippen molar-refractivity contribution in [2.24, 2.45) is 0 Å². The highest BCUT2D eigenvalue weighted by Gasteiger charge is 2.57. The van der Waals surface area contributed by atoms with Gasteiger partial charge in [-0.1, -0.05) is 41.4 Å². The van der Waals surface area contributed by atoms with Gasteiger partial charge in [0.05, 0.1) is 6.10 Å². The van der Waals surface area contributed by atoms with Crippen molar-refractivity contribution in [2.75, 3.05) is 7.11 Å². The summed E-state index contributed by atoms with van der Waals surface area (Å²) in [5.41, 5.74) is 1.17. The van der Waals surface area contributed by atoms with Crippen LogP contribution in [-0.4, -0.2) is 30.6 Å². The Morgan fingerprint density at radius 3 is 2.50 bits per heavy atom. The maximum Gasteiger partial charge on any atom is 0.322 e. The molecule has 28 heavy (non-hydrogen) atoms. The molecule has 1 heterocycles. The fourth-order valence-corrected chi connectivity index (χ4v) is 4.58. The maximum absolute atomic E-state index is 13.3. The molecule has 0 aromatic heterocycles. The van der Waals surface area contributed by atoms with Gasteiger partial charge in [0.15, 0.2) is 11.4 Å². The third-order valence-electron chi connectivity index (χ3n) is 5.72. The topological polar surface area (TPSA) is 52.6 Å². The van der Waals surface area contributed by atoms with Gasteiger partial charge in [-0.15, -0.1) is 0 Å². The normalized spacial score (nSPS) is 27.2. The number of ketones is 1. The first-order valence-corrected chi connectivity index (χ1v) is 10.0. The number of rotatable bonds is 3. The minimum Gasteiger partial charge on any atom is -0.450 e. The standard InChI is InChI=1S/C22H20Cl2O4/c1-27-16-3-2-10-22(12-16)20(25)19(21(26)28-22)17-11-14(6-9-18(17)24)13-4-7-15(23)8-5-13/h4-9,11,16,19H,2-3,10,12H2,1H3. The lowest BCUT2D eigenvalue weighted by Gasteiger charge is -2.34. The maximum atomic E-state index is 13.3. The van der Waals surface area contributed by atoms with Gasteiger partial charge in [0.1, 0.15) is 5.92 Å². The lowest BCUT2D eigenvalue weighted by Crippen LogP contribution is -2.44. The smallest absolute Gasteiger partial charge is 0.322 e. The molecule has 6 heteroatoms. The lowest BCUT2D eigenvalue weighted by molar-refractivity contribution is -0.159. The summed E-state index contributed by atoms with van der Waals surface area (Å²) in [7, 11) is 1.62. The van der Waals surface area contributed by atoms with Crippen LogP contribution < -0.4 is 0 Å². The van der Waals surface area contributed by atoms with Crippen molar-refractivity contribution in [3.63, 3.8) is 0 Å². The Morgan fingerprint density at radius 2 is 1.79 bits per heavy atom. The molecule has 1 saturated heterocycles. The molecule has 3 atom stereocenters. The summed E-state index contributed by atoms with van der Waals surface area (Å²) >= 11 is 12.4. The van der Waals surface area contributed by atoms with Crippen LogP contribution in [-0.2, 0) is 19.1 Å². The number of carbonyl (C=O) groups excluding carboxylic acids is 2. The van der Waals surface area contributed by atoms with E-state index in [-0.39, 0.29) is 11.9 Å². The van der Waals surface area contributed by atoms with Gasteiger partial charge in [0.2, 0.25) is 0 Å². The summed E-state index contributed by atoms with van der Waals surface area (Å²) in [4.78, 5) is 26.1. The van der Waals surface area contributed by atoms with Crippen LogP contribution >= 0.6 is 23.2 Å². The molecule has 2 fully saturated rings. The monoisotopic (exact) mass is 418 g/mol. The predicted molar refractivity (Wildman–Crippen MR) is 108 cm³/mol. The number of benzene rings is 2. The van der Waals surface area contributed by atoms with Gasteiger partial charge >= 0.3 is 5.97 Å². The number of hydrogen-bond donors (Lipinski definition) is 0. The van der Waals surface area contributed by atoms with Crippen LogP contribution in [0.2, 0.25) is 10.0 Å². The van der Waals surface area contributed by atoms with Crippen LogP contribution in [0.25, 0.3) is 11.1 Å². The molecule has 146 valence electrons. The number of Topliss-reactive ketones (excluding diaryl/α,β-unsaturated/α-hetero) is 1. The third kappa shape index (κ3) is 3.34. The molecule has 0 N–H and O–H groups in total. The number of hydrogen-bond acceptors (Lipinski definition) is 4. The fourth-order valence-electron chi connectivity index (χ4n) is 4.23. The Morgan fingerprint density at radius 1 is 1.07 bits per heavy atom. The zero-order valence-corrected chi connectivity index (χ0v) is 16.9. The first kappa shape index (κ1) is 19.4. The molecule has 1 aliphatic carbocycles. The fraction of sp³-hybridized carbons (Fsp3) is 0.364. The minimum absolute atomic E-state index is 0.0832. The van der Waals surface area contributed by atoms with Crippen molar-refractivity contribution >= 4 is 35.0 Å². The zero-order valence-electron chi connectivity index (χ0n) is 15.4. The molecular formula is C22H20Cl2O4. The van der Waals surface area contributed by atoms with Crippen LogP contribution in [0, 0.1) is 0 Å². The average molecular weight is 419 g/mol.